The van der Waals surface area contributed by atoms with E-state index in [2.05, 4.69) is 6.07 Å². The van der Waals surface area contributed by atoms with Crippen molar-refractivity contribution in [2.75, 3.05) is 47.0 Å². The summed E-state index contributed by atoms with van der Waals surface area (Å²) in [7, 11) is 3.06. The van der Waals surface area contributed by atoms with E-state index in [0.29, 0.717) is 154 Å². The minimum atomic E-state index is -0.841. The first-order chi connectivity index (χ1) is 60.8. The number of hydrogen-bond donors (Lipinski definition) is 1. The van der Waals surface area contributed by atoms with Crippen LogP contribution in [0.3, 0.4) is 0 Å². The van der Waals surface area contributed by atoms with Crippen LogP contribution in [-0.4, -0.2) is 134 Å². The van der Waals surface area contributed by atoms with Crippen molar-refractivity contribution in [2.24, 2.45) is 20.0 Å². The molecule has 640 valence electrons. The van der Waals surface area contributed by atoms with Gasteiger partial charge in [-0.3, -0.25) is 73.1 Å². The molecule has 0 saturated carbocycles. The smallest absolute Gasteiger partial charge is 0.333 e. The highest BCUT2D eigenvalue weighted by atomic mass is 16.7. The lowest BCUT2D eigenvalue weighted by molar-refractivity contribution is -0.197. The van der Waals surface area contributed by atoms with Crippen LogP contribution in [0.15, 0.2) is 202 Å². The van der Waals surface area contributed by atoms with E-state index >= 15 is 0 Å². The summed E-state index contributed by atoms with van der Waals surface area (Å²) in [5, 5.41) is 9.61. The molecule has 10 aromatic carbocycles. The zero-order valence-corrected chi connectivity index (χ0v) is 69.1. The van der Waals surface area contributed by atoms with Gasteiger partial charge in [-0.25, -0.2) is 4.79 Å². The van der Waals surface area contributed by atoms with Crippen molar-refractivity contribution < 1.29 is 86.2 Å². The third-order valence-electron chi connectivity index (χ3n) is 23.5. The topological polar surface area (TPSA) is 305 Å². The molecule has 1 N–H and O–H groups in total. The van der Waals surface area contributed by atoms with Gasteiger partial charge in [-0.1, -0.05) is 80.2 Å². The lowest BCUT2D eigenvalue weighted by Gasteiger charge is -2.22. The number of hydrogen-bond acceptors (Lipinski definition) is 21. The summed E-state index contributed by atoms with van der Waals surface area (Å²) in [5.74, 6) is 0.825. The first kappa shape index (κ1) is 83.5. The maximum absolute atomic E-state index is 14.0. The largest absolute Gasteiger partial charge is 0.494 e. The van der Waals surface area contributed by atoms with Crippen molar-refractivity contribution in [1.29, 1.82) is 0 Å². The van der Waals surface area contributed by atoms with E-state index in [0.717, 1.165) is 78.4 Å². The summed E-state index contributed by atoms with van der Waals surface area (Å²) in [6.07, 6.45) is 12.2. The number of carbonyl (C=O) groups excluding carboxylic acids is 7. The van der Waals surface area contributed by atoms with Gasteiger partial charge in [-0.2, -0.15) is 0 Å². The number of aryl methyl sites for hydroxylation is 2. The summed E-state index contributed by atoms with van der Waals surface area (Å²) < 4.78 is 49.4. The Kier molecular flexibility index (Phi) is 23.8. The molecule has 0 aromatic heterocycles. The fourth-order valence-electron chi connectivity index (χ4n) is 17.3. The first-order valence-corrected chi connectivity index (χ1v) is 41.7. The number of aliphatic imine (C=N–C) groups is 4. The van der Waals surface area contributed by atoms with Crippen LogP contribution in [-0.2, 0) is 76.1 Å². The third kappa shape index (κ3) is 17.0. The minimum absolute atomic E-state index is 0. The standard InChI is InChI=1S/C51H45N5O10.C47H42N4O8.CH4/c1-30-17-38-40(52-26-35-21-33-9-3-5-11-42(33)54(35)50(38)60)24-44(30)64-28-31-18-32(20-37(19-31)63-16-8-7-13-49(59)66-56-47(57)14-15-48(56)58)29-65-46-25-41-39(23-45(46)62-2)51(61)55-36(27-53-41)22-34-10-4-6-12-43(34)55;1-28-15-36-38(48-24-33-19-31-9-3-5-11-40(31)50(33)46(36)54)22-42(28)58-26-29-16-30(18-35(17-29)57-14-8-7-13-45(52)53)27-59-44-23-39-37(21-43(44)56-2)47(55)51-34(25-49-39)20-32-10-4-6-12-41(32)51;/h3-6,9-12,17-20,23-27,35-36H,7-8,13-16,21-22,28-29H2,1-2H3;3-6,9-12,15-18,21-25,33-34H,7-8,13-14,19-20,26-27H2,1-2H3,(H,52,53);1H4/t35-,36-;33-,34-;/m00./s1. The second-order valence-corrected chi connectivity index (χ2v) is 31.9. The number of ether oxygens (including phenoxy) is 8. The van der Waals surface area contributed by atoms with Gasteiger partial charge in [0, 0.05) is 123 Å². The number of unbranched alkanes of at least 4 members (excludes halogenated alkanes) is 2. The van der Waals surface area contributed by atoms with Crippen molar-refractivity contribution in [3.63, 3.8) is 0 Å². The van der Waals surface area contributed by atoms with Gasteiger partial charge in [0.05, 0.1) is 96.6 Å². The fraction of sp³-hybridized carbons (Fsp3) is 0.273. The maximum Gasteiger partial charge on any atom is 0.333 e. The Bertz CT molecular complexity index is 6180. The van der Waals surface area contributed by atoms with Gasteiger partial charge in [-0.05, 0) is 180 Å². The van der Waals surface area contributed by atoms with E-state index in [1.54, 1.807) is 40.1 Å². The second-order valence-electron chi connectivity index (χ2n) is 31.9. The monoisotopic (exact) mass is 1690 g/mol. The van der Waals surface area contributed by atoms with Gasteiger partial charge in [0.15, 0.2) is 23.0 Å². The highest BCUT2D eigenvalue weighted by molar-refractivity contribution is 6.18. The normalized spacial score (nSPS) is 17.2. The van der Waals surface area contributed by atoms with Crippen LogP contribution in [0.1, 0.15) is 156 Å². The minimum Gasteiger partial charge on any atom is -0.494 e. The summed E-state index contributed by atoms with van der Waals surface area (Å²) in [6.45, 7) is 4.95. The van der Waals surface area contributed by atoms with E-state index in [-0.39, 0.29) is 114 Å². The van der Waals surface area contributed by atoms with E-state index in [1.165, 1.54) is 14.2 Å². The Morgan fingerprint density at radius 1 is 0.373 bits per heavy atom. The van der Waals surface area contributed by atoms with E-state index in [1.807, 2.05) is 194 Å². The number of hydroxylamine groups is 2. The Morgan fingerprint density at radius 2 is 0.683 bits per heavy atom. The molecule has 0 radical (unpaired) electrons. The van der Waals surface area contributed by atoms with Gasteiger partial charge in [0.25, 0.3) is 35.4 Å². The first-order valence-electron chi connectivity index (χ1n) is 41.7. The van der Waals surface area contributed by atoms with Gasteiger partial charge in [0.2, 0.25) is 0 Å². The highest BCUT2D eigenvalue weighted by Crippen LogP contribution is 2.47. The van der Waals surface area contributed by atoms with Gasteiger partial charge < -0.3 is 47.8 Å². The lowest BCUT2D eigenvalue weighted by atomic mass is 10.1. The van der Waals surface area contributed by atoms with Crippen LogP contribution in [0.4, 0.5) is 45.5 Å². The molecule has 0 unspecified atom stereocenters. The van der Waals surface area contributed by atoms with Gasteiger partial charge in [0.1, 0.15) is 49.4 Å². The number of carboxylic acids is 1. The summed E-state index contributed by atoms with van der Waals surface area (Å²) in [5.41, 5.74) is 16.6. The Hall–Kier alpha value is -14.8. The van der Waals surface area contributed by atoms with Crippen LogP contribution >= 0.6 is 0 Å². The quantitative estimate of drug-likeness (QED) is 0.0369. The van der Waals surface area contributed by atoms with E-state index < -0.39 is 23.8 Å². The number of imide groups is 1. The van der Waals surface area contributed by atoms with Crippen molar-refractivity contribution >= 4 is 118 Å². The number of anilines is 4. The zero-order valence-electron chi connectivity index (χ0n) is 69.1. The summed E-state index contributed by atoms with van der Waals surface area (Å²) in [6, 6.07) is 56.5. The number of aliphatic carboxylic acids is 1. The molecule has 27 nitrogen and oxygen atoms in total. The Balaban J connectivity index is 0.000000177. The number of amides is 6. The highest BCUT2D eigenvalue weighted by Gasteiger charge is 2.42. The molecule has 9 aliphatic rings. The molecule has 9 aliphatic heterocycles. The van der Waals surface area contributed by atoms with Crippen molar-refractivity contribution in [1.82, 2.24) is 5.06 Å². The SMILES string of the molecule is C.COc1cc2c(cc1OCc1cc(COc3cc4c(cc3C)C(=O)N3c5ccccc5C[C@H]3C=N4)cc(OCCCCC(=O)O)c1)N=C[C@@H]1Cc3ccccc3N1C2=O.COc1cc2c(cc1OCc1cc(COc3cc4c(cc3C)C(=O)N3c5ccccc5C[C@H]3C=N4)cc(OCCCCC(=O)ON3C(=O)CCC3=O)c1)N=C[C@@H]1Cc3ccccc3N1C2=O. The molecule has 6 amide bonds. The number of fused-ring (bicyclic) bond motifs is 16. The fourth-order valence-corrected chi connectivity index (χ4v) is 17.3. The molecule has 0 aliphatic carbocycles. The van der Waals surface area contributed by atoms with Crippen molar-refractivity contribution in [3.8, 4) is 46.0 Å². The lowest BCUT2D eigenvalue weighted by Crippen LogP contribution is -2.37. The van der Waals surface area contributed by atoms with Crippen LogP contribution in [0.25, 0.3) is 0 Å². The zero-order chi connectivity index (χ0) is 86.1. The van der Waals surface area contributed by atoms with Crippen molar-refractivity contribution in [2.45, 2.75) is 149 Å². The summed E-state index contributed by atoms with van der Waals surface area (Å²) in [4.78, 5) is 134. The number of methoxy groups -OCH3 is 2. The van der Waals surface area contributed by atoms with Crippen LogP contribution in [0.2, 0.25) is 0 Å². The van der Waals surface area contributed by atoms with Crippen molar-refractivity contribution in [3.05, 3.63) is 260 Å². The average Bonchev–Trinajstić information content (AvgIpc) is 1.62. The number of rotatable bonds is 27. The number of carbonyl (C=O) groups is 8. The number of para-hydroxylation sites is 4. The molecular formula is C99H91N9O18. The predicted octanol–water partition coefficient (Wildman–Crippen LogP) is 16.9. The van der Waals surface area contributed by atoms with Crippen LogP contribution in [0, 0.1) is 13.8 Å². The molecule has 19 rings (SSSR count). The third-order valence-corrected chi connectivity index (χ3v) is 23.5. The molecule has 10 aromatic rings. The van der Waals surface area contributed by atoms with E-state index in [9.17, 15) is 38.4 Å². The molecule has 1 fully saturated rings. The summed E-state index contributed by atoms with van der Waals surface area (Å²) >= 11 is 0. The molecular weight excluding hydrogens is 1600 g/mol. The molecule has 126 heavy (non-hydrogen) atoms. The predicted molar refractivity (Wildman–Crippen MR) is 474 cm³/mol. The molecule has 0 spiro atoms. The molecule has 4 atom stereocenters. The molecule has 1 saturated heterocycles. The van der Waals surface area contributed by atoms with Crippen LogP contribution < -0.4 is 57.5 Å². The van der Waals surface area contributed by atoms with E-state index in [4.69, 9.17) is 67.8 Å². The Labute approximate surface area is 727 Å². The molecule has 0 bridgehead atoms. The number of carboxylic acid groups (broad SMARTS) is 1. The molecule has 27 heteroatoms. The Morgan fingerprint density at radius 3 is 1.02 bits per heavy atom. The second kappa shape index (κ2) is 36.0. The molecule has 9 heterocycles. The number of benzene rings is 10. The van der Waals surface area contributed by atoms with Crippen LogP contribution in [0.5, 0.6) is 46.0 Å². The maximum atomic E-state index is 14.0. The average molecular weight is 1690 g/mol. The van der Waals surface area contributed by atoms with Gasteiger partial charge >= 0.3 is 11.9 Å². The number of nitrogens with zero attached hydrogens (tertiary/aromatic N) is 9. The van der Waals surface area contributed by atoms with Gasteiger partial charge in [-0.15, -0.1) is 5.06 Å².